The molecule has 3 aliphatic heterocycles. The molecule has 2 unspecified atom stereocenters. The third-order valence-corrected chi connectivity index (χ3v) is 11.3. The fraction of sp³-hybridized carbons (Fsp3) is 0.559. The predicted molar refractivity (Wildman–Crippen MR) is 185 cm³/mol. The molecule has 11 heteroatoms. The zero-order valence-corrected chi connectivity index (χ0v) is 28.4. The van der Waals surface area contributed by atoms with Crippen LogP contribution in [-0.4, -0.2) is 94.2 Å². The quantitative estimate of drug-likeness (QED) is 0.357. The summed E-state index contributed by atoms with van der Waals surface area (Å²) < 4.78 is 1.84. The number of likely N-dealkylation sites (tertiary alicyclic amines) is 1. The van der Waals surface area contributed by atoms with Crippen LogP contribution < -0.4 is 10.6 Å². The molecular formula is C34H47ClN6O3S. The van der Waals surface area contributed by atoms with Gasteiger partial charge in [0.05, 0.1) is 27.0 Å². The largest absolute Gasteiger partial charge is 0.367 e. The van der Waals surface area contributed by atoms with Crippen molar-refractivity contribution < 1.29 is 11.0 Å². The second-order valence-electron chi connectivity index (χ2n) is 13.9. The average molecular weight is 655 g/mol. The number of H-pyrrole nitrogens is 1. The number of hydrogen-bond acceptors (Lipinski definition) is 6. The lowest BCUT2D eigenvalue weighted by Gasteiger charge is -2.37. The number of rotatable bonds is 7. The van der Waals surface area contributed by atoms with Crippen LogP contribution in [0.3, 0.4) is 0 Å². The van der Waals surface area contributed by atoms with Crippen LogP contribution in [0.5, 0.6) is 0 Å². The van der Waals surface area contributed by atoms with E-state index in [0.717, 1.165) is 54.9 Å². The van der Waals surface area contributed by atoms with E-state index in [2.05, 4.69) is 48.7 Å². The van der Waals surface area contributed by atoms with E-state index in [4.69, 9.17) is 11.6 Å². The molecule has 9 nitrogen and oxygen atoms in total. The number of aromatic amines is 1. The van der Waals surface area contributed by atoms with Crippen LogP contribution in [-0.2, 0) is 9.59 Å². The molecule has 3 aliphatic rings. The lowest BCUT2D eigenvalue weighted by molar-refractivity contribution is -0.136. The van der Waals surface area contributed by atoms with Gasteiger partial charge in [0, 0.05) is 65.3 Å². The molecule has 3 aromatic rings. The van der Waals surface area contributed by atoms with Crippen molar-refractivity contribution in [1.29, 1.82) is 0 Å². The van der Waals surface area contributed by atoms with Gasteiger partial charge in [0.1, 0.15) is 5.37 Å². The summed E-state index contributed by atoms with van der Waals surface area (Å²) in [6, 6.07) is 13.8. The second-order valence-corrected chi connectivity index (χ2v) is 15.6. The monoisotopic (exact) mass is 654 g/mol. The maximum absolute atomic E-state index is 14.0. The summed E-state index contributed by atoms with van der Waals surface area (Å²) in [5.41, 5.74) is 3.76. The van der Waals surface area contributed by atoms with Gasteiger partial charge < -0.3 is 24.6 Å². The number of hydrogen-bond donors (Lipinski definition) is 1. The van der Waals surface area contributed by atoms with Crippen molar-refractivity contribution in [2.45, 2.75) is 63.1 Å². The molecule has 45 heavy (non-hydrogen) atoms. The number of anilines is 1. The molecule has 0 bridgehead atoms. The maximum Gasteiger partial charge on any atom is 0.326 e. The Kier molecular flexibility index (Phi) is 9.28. The van der Waals surface area contributed by atoms with Crippen molar-refractivity contribution in [3.8, 4) is 0 Å². The number of amides is 2. The van der Waals surface area contributed by atoms with E-state index < -0.39 is 5.25 Å². The molecule has 0 spiro atoms. The van der Waals surface area contributed by atoms with Gasteiger partial charge in [0.2, 0.25) is 11.8 Å². The first-order valence-electron chi connectivity index (χ1n) is 16.1. The van der Waals surface area contributed by atoms with E-state index in [1.807, 2.05) is 50.8 Å². The van der Waals surface area contributed by atoms with E-state index in [1.165, 1.54) is 0 Å². The van der Waals surface area contributed by atoms with Crippen LogP contribution in [0, 0.1) is 5.41 Å². The Bertz CT molecular complexity index is 1610. The van der Waals surface area contributed by atoms with Gasteiger partial charge in [-0.25, -0.2) is 4.79 Å². The molecule has 4 heterocycles. The molecular weight excluding hydrogens is 608 g/mol. The number of imidazole rings is 1. The minimum Gasteiger partial charge on any atom is -0.367 e. The standard InChI is InChI=1S/C34H45ClN6O3S.H2/c1-34(2,3)14-17-40-31(43)28(45-32(40)24-8-7-9-25(35)30(24)39-20-18-37(4)19-21-39)22-29(42)38-15-12-23(13-16-38)41-27-11-6-5-10-26(27)36-33(41)44;/h5-11,23,28,32H,12-22H2,1-4H3,(H,36,44);1H. The van der Waals surface area contributed by atoms with Crippen LogP contribution in [0.25, 0.3) is 11.0 Å². The van der Waals surface area contributed by atoms with Crippen LogP contribution in [0.2, 0.25) is 5.02 Å². The van der Waals surface area contributed by atoms with E-state index in [0.29, 0.717) is 37.5 Å². The number of thioether (sulfide) groups is 1. The van der Waals surface area contributed by atoms with Crippen molar-refractivity contribution in [3.05, 3.63) is 63.5 Å². The lowest BCUT2D eigenvalue weighted by atomic mass is 9.92. The SMILES string of the molecule is CN1CCN(c2c(Cl)cccc2C2SC(CC(=O)N3CCC(n4c(=O)[nH]c5ccccc54)CC3)C(=O)N2CCC(C)(C)C)CC1.[HH]. The van der Waals surface area contributed by atoms with Gasteiger partial charge in [0.15, 0.2) is 0 Å². The summed E-state index contributed by atoms with van der Waals surface area (Å²) in [6.07, 6.45) is 2.45. The van der Waals surface area contributed by atoms with Crippen LogP contribution in [0.1, 0.15) is 64.9 Å². The van der Waals surface area contributed by atoms with Crippen LogP contribution in [0.15, 0.2) is 47.3 Å². The first-order valence-corrected chi connectivity index (χ1v) is 17.5. The molecule has 2 amide bonds. The van der Waals surface area contributed by atoms with Crippen molar-refractivity contribution in [1.82, 2.24) is 24.3 Å². The summed E-state index contributed by atoms with van der Waals surface area (Å²) in [5, 5.41) is 0.0545. The Labute approximate surface area is 276 Å². The highest BCUT2D eigenvalue weighted by atomic mass is 35.5. The number of benzene rings is 2. The first kappa shape index (κ1) is 32.0. The molecule has 3 fully saturated rings. The Morgan fingerprint density at radius 1 is 1.00 bits per heavy atom. The number of aromatic nitrogens is 2. The highest BCUT2D eigenvalue weighted by Gasteiger charge is 2.44. The molecule has 0 radical (unpaired) electrons. The minimum absolute atomic E-state index is 0. The molecule has 3 saturated heterocycles. The van der Waals surface area contributed by atoms with Crippen molar-refractivity contribution in [3.63, 3.8) is 0 Å². The summed E-state index contributed by atoms with van der Waals surface area (Å²) in [5.74, 6) is 0.0412. The predicted octanol–water partition coefficient (Wildman–Crippen LogP) is 5.61. The number of carbonyl (C=O) groups excluding carboxylic acids is 2. The maximum atomic E-state index is 14.0. The van der Waals surface area contributed by atoms with Gasteiger partial charge in [-0.1, -0.05) is 56.6 Å². The summed E-state index contributed by atoms with van der Waals surface area (Å²) in [4.78, 5) is 52.0. The van der Waals surface area contributed by atoms with Crippen molar-refractivity contribution in [2.24, 2.45) is 5.41 Å². The fourth-order valence-corrected chi connectivity index (χ4v) is 8.64. The number of carbonyl (C=O) groups is 2. The molecule has 1 N–H and O–H groups in total. The van der Waals surface area contributed by atoms with E-state index in [1.54, 1.807) is 11.8 Å². The number of piperazine rings is 1. The third kappa shape index (κ3) is 6.79. The number of likely N-dealkylation sites (N-methyl/N-ethyl adjacent to an activating group) is 1. The van der Waals surface area contributed by atoms with E-state index >= 15 is 0 Å². The number of piperidine rings is 1. The lowest BCUT2D eigenvalue weighted by Crippen LogP contribution is -2.45. The Morgan fingerprint density at radius 3 is 2.42 bits per heavy atom. The normalized spacial score (nSPS) is 22.2. The zero-order chi connectivity index (χ0) is 31.9. The Hall–Kier alpha value is -2.95. The number of para-hydroxylation sites is 3. The molecule has 2 atom stereocenters. The zero-order valence-electron chi connectivity index (χ0n) is 26.8. The second kappa shape index (κ2) is 13.0. The molecule has 0 saturated carbocycles. The van der Waals surface area contributed by atoms with Gasteiger partial charge in [-0.3, -0.25) is 14.2 Å². The first-order chi connectivity index (χ1) is 21.5. The highest BCUT2D eigenvalue weighted by Crippen LogP contribution is 2.49. The minimum atomic E-state index is -0.448. The highest BCUT2D eigenvalue weighted by molar-refractivity contribution is 8.01. The third-order valence-electron chi connectivity index (χ3n) is 9.51. The van der Waals surface area contributed by atoms with Gasteiger partial charge in [-0.05, 0) is 49.9 Å². The van der Waals surface area contributed by atoms with E-state index in [-0.39, 0.29) is 42.2 Å². The van der Waals surface area contributed by atoms with Gasteiger partial charge >= 0.3 is 5.69 Å². The van der Waals surface area contributed by atoms with Crippen molar-refractivity contribution >= 4 is 51.9 Å². The Morgan fingerprint density at radius 2 is 1.71 bits per heavy atom. The van der Waals surface area contributed by atoms with Crippen LogP contribution in [0.4, 0.5) is 5.69 Å². The van der Waals surface area contributed by atoms with Crippen LogP contribution >= 0.6 is 23.4 Å². The molecule has 1 aromatic heterocycles. The molecule has 6 rings (SSSR count). The average Bonchev–Trinajstić information content (AvgIpc) is 3.51. The van der Waals surface area contributed by atoms with E-state index in [9.17, 15) is 14.4 Å². The number of nitrogens with zero attached hydrogens (tertiary/aromatic N) is 5. The molecule has 2 aromatic carbocycles. The van der Waals surface area contributed by atoms with Gasteiger partial charge in [-0.2, -0.15) is 0 Å². The number of halogens is 1. The smallest absolute Gasteiger partial charge is 0.326 e. The topological polar surface area (TPSA) is 84.9 Å². The van der Waals surface area contributed by atoms with Gasteiger partial charge in [-0.15, -0.1) is 11.8 Å². The van der Waals surface area contributed by atoms with Gasteiger partial charge in [0.25, 0.3) is 0 Å². The number of fused-ring (bicyclic) bond motifs is 1. The van der Waals surface area contributed by atoms with Crippen molar-refractivity contribution in [2.75, 3.05) is 57.8 Å². The Balaban J connectivity index is 0.00000417. The molecule has 244 valence electrons. The number of nitrogens with one attached hydrogen (secondary N) is 1. The summed E-state index contributed by atoms with van der Waals surface area (Å²) in [6.45, 7) is 12.0. The summed E-state index contributed by atoms with van der Waals surface area (Å²) in [7, 11) is 2.14. The fourth-order valence-electron chi connectivity index (χ4n) is 6.84. The summed E-state index contributed by atoms with van der Waals surface area (Å²) >= 11 is 8.47. The molecule has 0 aliphatic carbocycles.